The van der Waals surface area contributed by atoms with E-state index in [0.717, 1.165) is 31.7 Å². The minimum absolute atomic E-state index is 0.466. The van der Waals surface area contributed by atoms with Crippen LogP contribution in [0.3, 0.4) is 0 Å². The Kier molecular flexibility index (Phi) is 3.73. The summed E-state index contributed by atoms with van der Waals surface area (Å²) in [6.07, 6.45) is 2.06. The molecule has 82 valence electrons. The Labute approximate surface area is 99.5 Å². The van der Waals surface area contributed by atoms with Crippen LogP contribution in [0.4, 0.5) is 5.69 Å². The lowest BCUT2D eigenvalue weighted by atomic mass is 10.1. The van der Waals surface area contributed by atoms with Crippen molar-refractivity contribution in [2.75, 3.05) is 18.5 Å². The predicted octanol–water partition coefficient (Wildman–Crippen LogP) is 3.58. The van der Waals surface area contributed by atoms with Gasteiger partial charge in [-0.25, -0.2) is 0 Å². The fourth-order valence-corrected chi connectivity index (χ4v) is 2.24. The van der Waals surface area contributed by atoms with E-state index in [1.807, 2.05) is 12.1 Å². The molecule has 0 bridgehead atoms. The Hall–Kier alpha value is -0.440. The smallest absolute Gasteiger partial charge is 0.0485 e. The summed E-state index contributed by atoms with van der Waals surface area (Å²) in [5.41, 5.74) is 0.986. The number of nitrogens with one attached hydrogen (secondary N) is 1. The lowest BCUT2D eigenvalue weighted by molar-refractivity contribution is 0.0904. The van der Waals surface area contributed by atoms with Crippen LogP contribution in [0.25, 0.3) is 0 Å². The molecule has 0 aliphatic carbocycles. The molecule has 1 N–H and O–H groups in total. The zero-order valence-corrected chi connectivity index (χ0v) is 9.81. The lowest BCUT2D eigenvalue weighted by Gasteiger charge is -2.24. The monoisotopic (exact) mass is 245 g/mol. The van der Waals surface area contributed by atoms with E-state index in [1.54, 1.807) is 6.07 Å². The van der Waals surface area contributed by atoms with Crippen LogP contribution >= 0.6 is 23.2 Å². The average molecular weight is 246 g/mol. The summed E-state index contributed by atoms with van der Waals surface area (Å²) in [6.45, 7) is 1.65. The molecule has 0 aromatic heterocycles. The molecule has 1 aliphatic heterocycles. The summed E-state index contributed by atoms with van der Waals surface area (Å²) in [5, 5.41) is 4.74. The summed E-state index contributed by atoms with van der Waals surface area (Å²) >= 11 is 11.8. The first-order valence-electron chi connectivity index (χ1n) is 5.04. The zero-order valence-electron chi connectivity index (χ0n) is 8.30. The van der Waals surface area contributed by atoms with Gasteiger partial charge in [-0.3, -0.25) is 0 Å². The van der Waals surface area contributed by atoms with E-state index in [9.17, 15) is 0 Å². The number of hydrogen-bond acceptors (Lipinski definition) is 2. The van der Waals surface area contributed by atoms with E-state index >= 15 is 0 Å². The van der Waals surface area contributed by atoms with Crippen LogP contribution in [0, 0.1) is 0 Å². The Morgan fingerprint density at radius 1 is 1.07 bits per heavy atom. The third-order valence-electron chi connectivity index (χ3n) is 2.45. The molecule has 1 aliphatic rings. The van der Waals surface area contributed by atoms with Gasteiger partial charge in [-0.05, 0) is 31.0 Å². The maximum atomic E-state index is 5.92. The Morgan fingerprint density at radius 3 is 2.27 bits per heavy atom. The molecule has 1 aromatic carbocycles. The fraction of sp³-hybridized carbons (Fsp3) is 0.455. The molecule has 0 spiro atoms. The highest BCUT2D eigenvalue weighted by Crippen LogP contribution is 2.24. The van der Waals surface area contributed by atoms with Gasteiger partial charge in [0.25, 0.3) is 0 Å². The molecule has 1 saturated heterocycles. The van der Waals surface area contributed by atoms with Crippen molar-refractivity contribution in [2.24, 2.45) is 0 Å². The summed E-state index contributed by atoms with van der Waals surface area (Å²) in [5.74, 6) is 0. The first-order valence-corrected chi connectivity index (χ1v) is 5.80. The van der Waals surface area contributed by atoms with Gasteiger partial charge in [0.1, 0.15) is 0 Å². The highest BCUT2D eigenvalue weighted by Gasteiger charge is 2.13. The molecule has 0 unspecified atom stereocenters. The number of anilines is 1. The Morgan fingerprint density at radius 2 is 1.67 bits per heavy atom. The van der Waals surface area contributed by atoms with E-state index in [2.05, 4.69) is 5.32 Å². The van der Waals surface area contributed by atoms with Crippen LogP contribution in [0.2, 0.25) is 10.0 Å². The first-order chi connectivity index (χ1) is 7.24. The summed E-state index contributed by atoms with van der Waals surface area (Å²) in [7, 11) is 0. The zero-order chi connectivity index (χ0) is 10.7. The third-order valence-corrected chi connectivity index (χ3v) is 2.89. The highest BCUT2D eigenvalue weighted by atomic mass is 35.5. The molecule has 2 nitrogen and oxygen atoms in total. The molecule has 0 amide bonds. The lowest BCUT2D eigenvalue weighted by Crippen LogP contribution is -2.27. The van der Waals surface area contributed by atoms with Crippen molar-refractivity contribution in [3.8, 4) is 0 Å². The molecule has 1 heterocycles. The topological polar surface area (TPSA) is 21.3 Å². The number of ether oxygens (including phenoxy) is 1. The van der Waals surface area contributed by atoms with Gasteiger partial charge in [-0.15, -0.1) is 0 Å². The normalized spacial score (nSPS) is 17.7. The SMILES string of the molecule is Clc1cc(Cl)cc(NC2CCOCC2)c1. The second kappa shape index (κ2) is 5.06. The van der Waals surface area contributed by atoms with E-state index in [0.29, 0.717) is 16.1 Å². The summed E-state index contributed by atoms with van der Waals surface area (Å²) in [4.78, 5) is 0. The van der Waals surface area contributed by atoms with Crippen molar-refractivity contribution >= 4 is 28.9 Å². The molecule has 0 atom stereocenters. The molecular formula is C11H13Cl2NO. The van der Waals surface area contributed by atoms with Crippen molar-refractivity contribution in [1.29, 1.82) is 0 Å². The molecule has 4 heteroatoms. The first kappa shape index (κ1) is 11.1. The van der Waals surface area contributed by atoms with Gasteiger partial charge < -0.3 is 10.1 Å². The van der Waals surface area contributed by atoms with Crippen molar-refractivity contribution in [3.05, 3.63) is 28.2 Å². The average Bonchev–Trinajstić information content (AvgIpc) is 2.17. The molecule has 15 heavy (non-hydrogen) atoms. The van der Waals surface area contributed by atoms with Crippen molar-refractivity contribution < 1.29 is 4.74 Å². The van der Waals surface area contributed by atoms with Gasteiger partial charge in [0, 0.05) is 35.0 Å². The largest absolute Gasteiger partial charge is 0.382 e. The third kappa shape index (κ3) is 3.26. The minimum atomic E-state index is 0.466. The molecular weight excluding hydrogens is 233 g/mol. The van der Waals surface area contributed by atoms with E-state index in [4.69, 9.17) is 27.9 Å². The fourth-order valence-electron chi connectivity index (χ4n) is 1.71. The quantitative estimate of drug-likeness (QED) is 0.861. The van der Waals surface area contributed by atoms with Gasteiger partial charge >= 0.3 is 0 Å². The standard InChI is InChI=1S/C11H13Cl2NO/c12-8-5-9(13)7-11(6-8)14-10-1-3-15-4-2-10/h5-7,10,14H,1-4H2. The van der Waals surface area contributed by atoms with E-state index in [-0.39, 0.29) is 0 Å². The second-order valence-electron chi connectivity index (χ2n) is 3.69. The van der Waals surface area contributed by atoms with Crippen molar-refractivity contribution in [3.63, 3.8) is 0 Å². The number of hydrogen-bond donors (Lipinski definition) is 1. The Bertz CT molecular complexity index is 317. The van der Waals surface area contributed by atoms with Crippen LogP contribution in [0.5, 0.6) is 0 Å². The van der Waals surface area contributed by atoms with Gasteiger partial charge in [0.2, 0.25) is 0 Å². The second-order valence-corrected chi connectivity index (χ2v) is 4.56. The van der Waals surface area contributed by atoms with Crippen LogP contribution in [-0.4, -0.2) is 19.3 Å². The number of rotatable bonds is 2. The van der Waals surface area contributed by atoms with Crippen molar-refractivity contribution in [2.45, 2.75) is 18.9 Å². The molecule has 0 saturated carbocycles. The maximum absolute atomic E-state index is 5.92. The van der Waals surface area contributed by atoms with Crippen LogP contribution in [-0.2, 0) is 4.74 Å². The van der Waals surface area contributed by atoms with Crippen molar-refractivity contribution in [1.82, 2.24) is 0 Å². The van der Waals surface area contributed by atoms with Crippen LogP contribution < -0.4 is 5.32 Å². The molecule has 2 rings (SSSR count). The van der Waals surface area contributed by atoms with Gasteiger partial charge in [0.15, 0.2) is 0 Å². The molecule has 1 aromatic rings. The highest BCUT2D eigenvalue weighted by molar-refractivity contribution is 6.35. The number of halogens is 2. The van der Waals surface area contributed by atoms with Gasteiger partial charge in [-0.2, -0.15) is 0 Å². The van der Waals surface area contributed by atoms with Gasteiger partial charge in [-0.1, -0.05) is 23.2 Å². The van der Waals surface area contributed by atoms with E-state index in [1.165, 1.54) is 0 Å². The Balaban J connectivity index is 2.02. The van der Waals surface area contributed by atoms with Crippen LogP contribution in [0.15, 0.2) is 18.2 Å². The molecule has 0 radical (unpaired) electrons. The van der Waals surface area contributed by atoms with Crippen LogP contribution in [0.1, 0.15) is 12.8 Å². The van der Waals surface area contributed by atoms with Gasteiger partial charge in [0.05, 0.1) is 0 Å². The summed E-state index contributed by atoms with van der Waals surface area (Å²) < 4.78 is 5.29. The molecule has 1 fully saturated rings. The number of benzene rings is 1. The minimum Gasteiger partial charge on any atom is -0.382 e. The van der Waals surface area contributed by atoms with E-state index < -0.39 is 0 Å². The predicted molar refractivity (Wildman–Crippen MR) is 63.9 cm³/mol. The summed E-state index contributed by atoms with van der Waals surface area (Å²) in [6, 6.07) is 5.98. The maximum Gasteiger partial charge on any atom is 0.0485 e.